The van der Waals surface area contributed by atoms with E-state index in [9.17, 15) is 5.11 Å². The van der Waals surface area contributed by atoms with Gasteiger partial charge in [-0.05, 0) is 18.4 Å². The molecule has 3 N–H and O–H groups in total. The normalized spacial score (nSPS) is 21.9. The van der Waals surface area contributed by atoms with Gasteiger partial charge in [0, 0.05) is 18.1 Å². The molecule has 0 amide bonds. The van der Waals surface area contributed by atoms with Crippen LogP contribution in [0.2, 0.25) is 0 Å². The number of aliphatic hydroxyl groups is 1. The molecule has 1 aromatic heterocycles. The highest BCUT2D eigenvalue weighted by molar-refractivity contribution is 7.80. The van der Waals surface area contributed by atoms with E-state index in [1.807, 2.05) is 24.3 Å². The zero-order valence-corrected chi connectivity index (χ0v) is 12.8. The van der Waals surface area contributed by atoms with Gasteiger partial charge in [-0.3, -0.25) is 4.98 Å². The number of hydrogen-bond donors (Lipinski definition) is 2. The largest absolute Gasteiger partial charge is 0.394 e. The monoisotopic (exact) mass is 301 g/mol. The van der Waals surface area contributed by atoms with Gasteiger partial charge in [0.1, 0.15) is 4.99 Å². The van der Waals surface area contributed by atoms with Crippen molar-refractivity contribution in [3.8, 4) is 0 Å². The maximum absolute atomic E-state index is 9.75. The second-order valence-corrected chi connectivity index (χ2v) is 6.05. The first-order chi connectivity index (χ1) is 10.1. The summed E-state index contributed by atoms with van der Waals surface area (Å²) in [5, 5.41) is 10.8. The van der Waals surface area contributed by atoms with Crippen LogP contribution in [-0.4, -0.2) is 34.3 Å². The van der Waals surface area contributed by atoms with Gasteiger partial charge in [-0.15, -0.1) is 0 Å². The summed E-state index contributed by atoms with van der Waals surface area (Å²) in [6.07, 6.45) is 2.80. The van der Waals surface area contributed by atoms with Crippen molar-refractivity contribution in [1.29, 1.82) is 0 Å². The van der Waals surface area contributed by atoms with Crippen molar-refractivity contribution < 1.29 is 5.11 Å². The van der Waals surface area contributed by atoms with Crippen molar-refractivity contribution in [3.05, 3.63) is 36.0 Å². The van der Waals surface area contributed by atoms with E-state index >= 15 is 0 Å². The second kappa shape index (κ2) is 5.58. The second-order valence-electron chi connectivity index (χ2n) is 5.61. The summed E-state index contributed by atoms with van der Waals surface area (Å²) in [5.74, 6) is 0.445. The lowest BCUT2D eigenvalue weighted by atomic mass is 10.0. The number of nitrogens with two attached hydrogens (primary N) is 1. The number of para-hydroxylation sites is 1. The molecule has 1 aliphatic heterocycles. The highest BCUT2D eigenvalue weighted by Gasteiger charge is 2.33. The van der Waals surface area contributed by atoms with E-state index in [-0.39, 0.29) is 12.6 Å². The molecule has 0 spiro atoms. The summed E-state index contributed by atoms with van der Waals surface area (Å²) in [4.78, 5) is 7.03. The summed E-state index contributed by atoms with van der Waals surface area (Å²) in [6, 6.07) is 8.08. The molecular formula is C16H19N3OS. The minimum Gasteiger partial charge on any atom is -0.394 e. The fourth-order valence-electron chi connectivity index (χ4n) is 3.18. The smallest absolute Gasteiger partial charge is 0.107 e. The molecule has 1 aromatic carbocycles. The Labute approximate surface area is 129 Å². The van der Waals surface area contributed by atoms with Crippen LogP contribution in [0, 0.1) is 5.92 Å². The van der Waals surface area contributed by atoms with Crippen LogP contribution in [0.4, 0.5) is 5.69 Å². The lowest BCUT2D eigenvalue weighted by molar-refractivity contribution is 0.245. The minimum atomic E-state index is 0.101. The van der Waals surface area contributed by atoms with Crippen molar-refractivity contribution in [3.63, 3.8) is 0 Å². The van der Waals surface area contributed by atoms with Gasteiger partial charge in [-0.2, -0.15) is 0 Å². The third kappa shape index (κ3) is 2.36. The number of benzene rings is 1. The molecule has 1 aliphatic rings. The van der Waals surface area contributed by atoms with E-state index in [1.165, 1.54) is 0 Å². The van der Waals surface area contributed by atoms with Crippen LogP contribution in [0.15, 0.2) is 30.5 Å². The zero-order chi connectivity index (χ0) is 15.0. The Hall–Kier alpha value is -1.72. The Morgan fingerprint density at radius 3 is 2.95 bits per heavy atom. The molecule has 0 bridgehead atoms. The standard InChI is InChI=1S/C16H19N3OS/c1-10-6-7-19(14(10)9-20)15-11-4-2-3-5-13(11)18-8-12(15)16(17)21/h2-5,8,10,14,20H,6-7,9H2,1H3,(H2,17,21). The van der Waals surface area contributed by atoms with Gasteiger partial charge in [0.05, 0.1) is 29.4 Å². The molecule has 2 aromatic rings. The Bertz CT molecular complexity index is 688. The van der Waals surface area contributed by atoms with Gasteiger partial charge in [-0.25, -0.2) is 0 Å². The minimum absolute atomic E-state index is 0.101. The van der Waals surface area contributed by atoms with E-state index in [2.05, 4.69) is 16.8 Å². The van der Waals surface area contributed by atoms with Gasteiger partial charge in [-0.1, -0.05) is 37.3 Å². The van der Waals surface area contributed by atoms with Gasteiger partial charge in [0.15, 0.2) is 0 Å². The first-order valence-electron chi connectivity index (χ1n) is 7.18. The molecule has 1 saturated heterocycles. The molecule has 2 atom stereocenters. The number of aliphatic hydroxyl groups excluding tert-OH is 1. The number of hydrogen-bond acceptors (Lipinski definition) is 4. The molecule has 2 heterocycles. The summed E-state index contributed by atoms with van der Waals surface area (Å²) < 4.78 is 0. The molecule has 0 saturated carbocycles. The number of aromatic nitrogens is 1. The molecule has 2 unspecified atom stereocenters. The third-order valence-corrected chi connectivity index (χ3v) is 4.59. The number of thiocarbonyl (C=S) groups is 1. The highest BCUT2D eigenvalue weighted by Crippen LogP contribution is 2.36. The van der Waals surface area contributed by atoms with Gasteiger partial charge in [0.2, 0.25) is 0 Å². The number of anilines is 1. The molecule has 4 nitrogen and oxygen atoms in total. The average Bonchev–Trinajstić information content (AvgIpc) is 2.86. The first kappa shape index (κ1) is 14.2. The van der Waals surface area contributed by atoms with E-state index in [1.54, 1.807) is 6.20 Å². The topological polar surface area (TPSA) is 62.4 Å². The van der Waals surface area contributed by atoms with E-state index in [0.29, 0.717) is 10.9 Å². The van der Waals surface area contributed by atoms with Crippen LogP contribution in [0.1, 0.15) is 18.9 Å². The Morgan fingerprint density at radius 1 is 1.48 bits per heavy atom. The summed E-state index contributed by atoms with van der Waals surface area (Å²) in [6.45, 7) is 3.20. The Kier molecular flexibility index (Phi) is 3.78. The number of nitrogens with zero attached hydrogens (tertiary/aromatic N) is 2. The lowest BCUT2D eigenvalue weighted by Crippen LogP contribution is -2.36. The first-order valence-corrected chi connectivity index (χ1v) is 7.59. The molecular weight excluding hydrogens is 282 g/mol. The average molecular weight is 301 g/mol. The van der Waals surface area contributed by atoms with E-state index < -0.39 is 0 Å². The van der Waals surface area contributed by atoms with Gasteiger partial charge in [0.25, 0.3) is 0 Å². The number of fused-ring (bicyclic) bond motifs is 1. The van der Waals surface area contributed by atoms with Crippen LogP contribution in [-0.2, 0) is 0 Å². The SMILES string of the molecule is CC1CCN(c2c(C(N)=S)cnc3ccccc23)C1CO. The van der Waals surface area contributed by atoms with Crippen molar-refractivity contribution in [2.24, 2.45) is 11.7 Å². The maximum Gasteiger partial charge on any atom is 0.107 e. The fourth-order valence-corrected chi connectivity index (χ4v) is 3.33. The maximum atomic E-state index is 9.75. The molecule has 0 aliphatic carbocycles. The third-order valence-electron chi connectivity index (χ3n) is 4.37. The zero-order valence-electron chi connectivity index (χ0n) is 12.0. The Morgan fingerprint density at radius 2 is 2.24 bits per heavy atom. The lowest BCUT2D eigenvalue weighted by Gasteiger charge is -2.30. The molecule has 0 radical (unpaired) electrons. The molecule has 3 rings (SSSR count). The molecule has 21 heavy (non-hydrogen) atoms. The molecule has 5 heteroatoms. The van der Waals surface area contributed by atoms with Crippen LogP contribution < -0.4 is 10.6 Å². The number of pyridine rings is 1. The predicted octanol–water partition coefficient (Wildman–Crippen LogP) is 2.08. The number of rotatable bonds is 3. The summed E-state index contributed by atoms with van der Waals surface area (Å²) >= 11 is 5.20. The quantitative estimate of drug-likeness (QED) is 0.850. The van der Waals surface area contributed by atoms with Crippen LogP contribution in [0.3, 0.4) is 0 Å². The van der Waals surface area contributed by atoms with Crippen molar-refractivity contribution in [2.45, 2.75) is 19.4 Å². The van der Waals surface area contributed by atoms with Gasteiger partial charge < -0.3 is 15.7 Å². The van der Waals surface area contributed by atoms with Crippen molar-refractivity contribution in [1.82, 2.24) is 4.98 Å². The predicted molar refractivity (Wildman–Crippen MR) is 89.6 cm³/mol. The molecule has 110 valence electrons. The van der Waals surface area contributed by atoms with E-state index in [4.69, 9.17) is 18.0 Å². The van der Waals surface area contributed by atoms with Crippen LogP contribution in [0.5, 0.6) is 0 Å². The van der Waals surface area contributed by atoms with Crippen molar-refractivity contribution >= 4 is 33.8 Å². The van der Waals surface area contributed by atoms with E-state index in [0.717, 1.165) is 35.1 Å². The fraction of sp³-hybridized carbons (Fsp3) is 0.375. The Balaban J connectivity index is 2.23. The highest BCUT2D eigenvalue weighted by atomic mass is 32.1. The summed E-state index contributed by atoms with van der Waals surface area (Å²) in [7, 11) is 0. The van der Waals surface area contributed by atoms with Crippen LogP contribution in [0.25, 0.3) is 10.9 Å². The summed E-state index contributed by atoms with van der Waals surface area (Å²) in [5.41, 5.74) is 8.62. The van der Waals surface area contributed by atoms with Crippen LogP contribution >= 0.6 is 12.2 Å². The molecule has 1 fully saturated rings. The van der Waals surface area contributed by atoms with Gasteiger partial charge >= 0.3 is 0 Å². The van der Waals surface area contributed by atoms with Crippen molar-refractivity contribution in [2.75, 3.05) is 18.1 Å².